The molecule has 2 aromatic heterocycles. The number of carbonyl (C=O) groups is 1. The molecule has 2 aromatic rings. The Morgan fingerprint density at radius 3 is 2.70 bits per heavy atom. The minimum atomic E-state index is -0.314. The molecule has 0 bridgehead atoms. The summed E-state index contributed by atoms with van der Waals surface area (Å²) < 4.78 is 0.866. The number of thiophene rings is 1. The second kappa shape index (κ2) is 7.41. The molecule has 0 fully saturated rings. The molecule has 2 amide bonds. The van der Waals surface area contributed by atoms with E-state index in [-0.39, 0.29) is 19.0 Å². The van der Waals surface area contributed by atoms with Gasteiger partial charge in [0, 0.05) is 12.1 Å². The van der Waals surface area contributed by atoms with Crippen LogP contribution in [0.4, 0.5) is 16.6 Å². The van der Waals surface area contributed by atoms with Gasteiger partial charge in [0.25, 0.3) is 0 Å². The normalized spacial score (nSPS) is 10.8. The summed E-state index contributed by atoms with van der Waals surface area (Å²) in [4.78, 5) is 21.0. The van der Waals surface area contributed by atoms with Gasteiger partial charge < -0.3 is 10.6 Å². The molecule has 7 heteroatoms. The zero-order valence-corrected chi connectivity index (χ0v) is 14.1. The second-order valence-electron chi connectivity index (χ2n) is 5.99. The number of amides is 2. The third-order valence-electron chi connectivity index (χ3n) is 2.72. The molecular weight excluding hydrogens is 310 g/mol. The van der Waals surface area contributed by atoms with Crippen LogP contribution in [0.3, 0.4) is 0 Å². The van der Waals surface area contributed by atoms with Gasteiger partial charge >= 0.3 is 6.03 Å². The largest absolute Gasteiger partial charge is 0.351 e. The molecule has 0 aliphatic heterocycles. The van der Waals surface area contributed by atoms with Crippen LogP contribution < -0.4 is 16.0 Å². The molecule has 0 aliphatic rings. The number of hydrogen-bond donors (Lipinski definition) is 3. The second-order valence-corrected chi connectivity index (χ2v) is 6.87. The van der Waals surface area contributed by atoms with Crippen molar-refractivity contribution < 1.29 is 4.79 Å². The van der Waals surface area contributed by atoms with Gasteiger partial charge in [0.15, 0.2) is 5.82 Å². The molecule has 0 aromatic carbocycles. The molecule has 23 heavy (non-hydrogen) atoms. The summed E-state index contributed by atoms with van der Waals surface area (Å²) in [6.07, 6.45) is 1.73. The Bertz CT molecular complexity index is 702. The first kappa shape index (κ1) is 18.9. The van der Waals surface area contributed by atoms with Gasteiger partial charge in [-0.1, -0.05) is 13.5 Å². The quantitative estimate of drug-likeness (QED) is 0.733. The first-order valence-electron chi connectivity index (χ1n) is 7.00. The lowest BCUT2D eigenvalue weighted by atomic mass is 10.1. The summed E-state index contributed by atoms with van der Waals surface area (Å²) in [5, 5.41) is 10.7. The Balaban J connectivity index is 0.00000264. The van der Waals surface area contributed by atoms with Crippen molar-refractivity contribution in [2.75, 3.05) is 17.2 Å². The molecule has 0 saturated heterocycles. The average Bonchev–Trinajstić information content (AvgIpc) is 2.76. The minimum Gasteiger partial charge on any atom is -0.351 e. The lowest BCUT2D eigenvalue weighted by Gasteiger charge is -2.20. The van der Waals surface area contributed by atoms with E-state index < -0.39 is 0 Å². The number of anilines is 2. The van der Waals surface area contributed by atoms with Gasteiger partial charge in [-0.05, 0) is 38.6 Å². The lowest BCUT2D eigenvalue weighted by molar-refractivity contribution is 0.244. The third kappa shape index (κ3) is 4.92. The summed E-state index contributed by atoms with van der Waals surface area (Å²) in [7, 11) is 0. The van der Waals surface area contributed by atoms with Gasteiger partial charge in [-0.2, -0.15) is 4.98 Å². The van der Waals surface area contributed by atoms with E-state index in [1.807, 2.05) is 33.1 Å². The molecule has 0 radical (unpaired) electrons. The standard InChI is InChI=1S/C15H21N5OS.CH4/c1-6-7-16-13-17-10-9(2)8-22-11(10)12(18-13)19-14(21)20-15(3,4)5;/h6,8H,1,7H2,2-5H3,(H3,16,17,18,19,20,21);1H4. The van der Waals surface area contributed by atoms with Crippen molar-refractivity contribution in [1.29, 1.82) is 0 Å². The van der Waals surface area contributed by atoms with Crippen LogP contribution >= 0.6 is 11.3 Å². The van der Waals surface area contributed by atoms with E-state index in [9.17, 15) is 4.79 Å². The van der Waals surface area contributed by atoms with Crippen molar-refractivity contribution in [1.82, 2.24) is 15.3 Å². The Hall–Kier alpha value is -2.15. The van der Waals surface area contributed by atoms with E-state index in [0.29, 0.717) is 18.3 Å². The van der Waals surface area contributed by atoms with Crippen molar-refractivity contribution in [3.8, 4) is 0 Å². The van der Waals surface area contributed by atoms with Crippen molar-refractivity contribution in [2.45, 2.75) is 40.7 Å². The van der Waals surface area contributed by atoms with Crippen LogP contribution in [0.5, 0.6) is 0 Å². The van der Waals surface area contributed by atoms with E-state index in [0.717, 1.165) is 15.8 Å². The molecule has 0 atom stereocenters. The summed E-state index contributed by atoms with van der Waals surface area (Å²) >= 11 is 1.52. The fraction of sp³-hybridized carbons (Fsp3) is 0.438. The fourth-order valence-corrected chi connectivity index (χ4v) is 2.77. The summed E-state index contributed by atoms with van der Waals surface area (Å²) in [5.41, 5.74) is 1.59. The Morgan fingerprint density at radius 1 is 1.39 bits per heavy atom. The van der Waals surface area contributed by atoms with E-state index in [2.05, 4.69) is 32.5 Å². The zero-order chi connectivity index (χ0) is 16.3. The van der Waals surface area contributed by atoms with Crippen LogP contribution in [0.15, 0.2) is 18.0 Å². The molecule has 2 heterocycles. The van der Waals surface area contributed by atoms with E-state index >= 15 is 0 Å². The number of aryl methyl sites for hydroxylation is 1. The maximum atomic E-state index is 12.1. The van der Waals surface area contributed by atoms with Gasteiger partial charge in [-0.3, -0.25) is 5.32 Å². The zero-order valence-electron chi connectivity index (χ0n) is 13.3. The topological polar surface area (TPSA) is 78.9 Å². The smallest absolute Gasteiger partial charge is 0.320 e. The van der Waals surface area contributed by atoms with E-state index in [1.54, 1.807) is 6.08 Å². The van der Waals surface area contributed by atoms with Crippen LogP contribution in [-0.2, 0) is 0 Å². The molecule has 0 spiro atoms. The molecule has 0 aliphatic carbocycles. The monoisotopic (exact) mass is 335 g/mol. The maximum Gasteiger partial charge on any atom is 0.320 e. The summed E-state index contributed by atoms with van der Waals surface area (Å²) in [5.74, 6) is 0.983. The molecule has 6 nitrogen and oxygen atoms in total. The number of fused-ring (bicyclic) bond motifs is 1. The van der Waals surface area contributed by atoms with Gasteiger partial charge in [0.1, 0.15) is 0 Å². The van der Waals surface area contributed by atoms with E-state index in [4.69, 9.17) is 0 Å². The number of nitrogens with zero attached hydrogens (tertiary/aromatic N) is 2. The van der Waals surface area contributed by atoms with E-state index in [1.165, 1.54) is 11.3 Å². The van der Waals surface area contributed by atoms with Crippen molar-refractivity contribution in [3.05, 3.63) is 23.6 Å². The van der Waals surface area contributed by atoms with Gasteiger partial charge in [-0.25, -0.2) is 9.78 Å². The van der Waals surface area contributed by atoms with Gasteiger partial charge in [0.2, 0.25) is 5.95 Å². The number of carbonyl (C=O) groups excluding carboxylic acids is 1. The Labute approximate surface area is 141 Å². The third-order valence-corrected chi connectivity index (χ3v) is 3.81. The van der Waals surface area contributed by atoms with Crippen molar-refractivity contribution in [3.63, 3.8) is 0 Å². The molecule has 0 unspecified atom stereocenters. The van der Waals surface area contributed by atoms with Gasteiger partial charge in [0.05, 0.1) is 10.2 Å². The lowest BCUT2D eigenvalue weighted by Crippen LogP contribution is -2.43. The SMILES string of the molecule is C.C=CCNc1nc(NC(=O)NC(C)(C)C)c2scc(C)c2n1. The summed E-state index contributed by atoms with van der Waals surface area (Å²) in [6, 6.07) is -0.284. The Kier molecular flexibility index (Phi) is 6.09. The molecule has 3 N–H and O–H groups in total. The first-order valence-corrected chi connectivity index (χ1v) is 7.88. The first-order chi connectivity index (χ1) is 10.3. The molecule has 126 valence electrons. The molecular formula is C16H25N5OS. The minimum absolute atomic E-state index is 0. The highest BCUT2D eigenvalue weighted by molar-refractivity contribution is 7.18. The predicted octanol–water partition coefficient (Wildman–Crippen LogP) is 4.15. The van der Waals surface area contributed by atoms with Crippen LogP contribution in [0, 0.1) is 6.92 Å². The molecule has 0 saturated carbocycles. The van der Waals surface area contributed by atoms with Crippen LogP contribution in [0.25, 0.3) is 10.2 Å². The number of urea groups is 1. The maximum absolute atomic E-state index is 12.1. The molecule has 2 rings (SSSR count). The number of aromatic nitrogens is 2. The Morgan fingerprint density at radius 2 is 2.09 bits per heavy atom. The van der Waals surface area contributed by atoms with Gasteiger partial charge in [-0.15, -0.1) is 17.9 Å². The highest BCUT2D eigenvalue weighted by atomic mass is 32.1. The summed E-state index contributed by atoms with van der Waals surface area (Å²) in [6.45, 7) is 12.0. The van der Waals surface area contributed by atoms with Crippen LogP contribution in [0.1, 0.15) is 33.8 Å². The highest BCUT2D eigenvalue weighted by Crippen LogP contribution is 2.30. The number of hydrogen-bond acceptors (Lipinski definition) is 5. The van der Waals surface area contributed by atoms with Crippen molar-refractivity contribution >= 4 is 39.4 Å². The highest BCUT2D eigenvalue weighted by Gasteiger charge is 2.17. The van der Waals surface area contributed by atoms with Crippen LogP contribution in [-0.4, -0.2) is 28.1 Å². The average molecular weight is 335 g/mol. The number of rotatable bonds is 4. The number of nitrogens with one attached hydrogen (secondary N) is 3. The fourth-order valence-electron chi connectivity index (χ4n) is 1.84. The predicted molar refractivity (Wildman–Crippen MR) is 99.5 cm³/mol. The van der Waals surface area contributed by atoms with Crippen molar-refractivity contribution in [2.24, 2.45) is 0 Å². The van der Waals surface area contributed by atoms with Crippen LogP contribution in [0.2, 0.25) is 0 Å².